The highest BCUT2D eigenvalue weighted by molar-refractivity contribution is 6.35. The van der Waals surface area contributed by atoms with Crippen molar-refractivity contribution in [3.8, 4) is 0 Å². The maximum Gasteiger partial charge on any atom is 0.274 e. The summed E-state index contributed by atoms with van der Waals surface area (Å²) in [7, 11) is 1.66. The van der Waals surface area contributed by atoms with Gasteiger partial charge in [-0.15, -0.1) is 0 Å². The summed E-state index contributed by atoms with van der Waals surface area (Å²) in [5, 5.41) is 6.85. The van der Waals surface area contributed by atoms with Gasteiger partial charge in [0.2, 0.25) is 0 Å². The third kappa shape index (κ3) is 5.71. The molecule has 2 N–H and O–H groups in total. The van der Waals surface area contributed by atoms with Crippen molar-refractivity contribution in [1.29, 1.82) is 0 Å². The lowest BCUT2D eigenvalue weighted by molar-refractivity contribution is 0.102. The minimum absolute atomic E-state index is 0.304. The Hall–Kier alpha value is -1.82. The molecule has 0 radical (unpaired) electrons. The topological polar surface area (TPSA) is 63.2 Å². The van der Waals surface area contributed by atoms with Gasteiger partial charge in [-0.3, -0.25) is 9.78 Å². The fourth-order valence-electron chi connectivity index (χ4n) is 1.94. The van der Waals surface area contributed by atoms with Gasteiger partial charge in [-0.25, -0.2) is 0 Å². The maximum atomic E-state index is 12.3. The number of hydrogen-bond donors (Lipinski definition) is 2. The second-order valence-corrected chi connectivity index (χ2v) is 5.69. The minimum Gasteiger partial charge on any atom is -0.385 e. The quantitative estimate of drug-likeness (QED) is 0.735. The number of hydrogen-bond acceptors (Lipinski definition) is 4. The van der Waals surface area contributed by atoms with Crippen LogP contribution in [0.15, 0.2) is 36.5 Å². The van der Waals surface area contributed by atoms with Crippen molar-refractivity contribution in [3.05, 3.63) is 52.3 Å². The Morgan fingerprint density at radius 3 is 2.61 bits per heavy atom. The summed E-state index contributed by atoms with van der Waals surface area (Å²) in [6.45, 7) is 1.43. The molecule has 0 atom stereocenters. The first-order chi connectivity index (χ1) is 11.1. The molecule has 0 fully saturated rings. The molecule has 0 aliphatic heterocycles. The lowest BCUT2D eigenvalue weighted by Crippen LogP contribution is -2.14. The molecular weight excluding hydrogens is 337 g/mol. The lowest BCUT2D eigenvalue weighted by Gasteiger charge is -2.09. The fraction of sp³-hybridized carbons (Fsp3) is 0.250. The second kappa shape index (κ2) is 8.72. The molecule has 1 amide bonds. The van der Waals surface area contributed by atoms with E-state index in [1.54, 1.807) is 43.6 Å². The molecular formula is C16H17Cl2N3O2. The van der Waals surface area contributed by atoms with E-state index in [-0.39, 0.29) is 5.91 Å². The predicted octanol–water partition coefficient (Wildman–Crippen LogP) is 4.09. The Morgan fingerprint density at radius 2 is 1.91 bits per heavy atom. The summed E-state index contributed by atoms with van der Waals surface area (Å²) in [6.07, 6.45) is 2.46. The molecule has 2 rings (SSSR count). The molecule has 0 aliphatic rings. The summed E-state index contributed by atoms with van der Waals surface area (Å²) >= 11 is 11.8. The monoisotopic (exact) mass is 353 g/mol. The van der Waals surface area contributed by atoms with E-state index in [0.717, 1.165) is 18.7 Å². The molecule has 0 aliphatic carbocycles. The van der Waals surface area contributed by atoms with Gasteiger partial charge in [-0.1, -0.05) is 23.2 Å². The highest BCUT2D eigenvalue weighted by atomic mass is 35.5. The van der Waals surface area contributed by atoms with E-state index in [1.165, 1.54) is 0 Å². The predicted molar refractivity (Wildman–Crippen MR) is 93.6 cm³/mol. The summed E-state index contributed by atoms with van der Waals surface area (Å²) < 4.78 is 4.99. The van der Waals surface area contributed by atoms with E-state index >= 15 is 0 Å². The highest BCUT2D eigenvalue weighted by Gasteiger charge is 2.09. The number of pyridine rings is 1. The standard InChI is InChI=1S/C16H17Cl2N3O2/c1-23-6-2-4-19-13-3-5-20-15(10-13)16(22)21-14-8-11(17)7-12(18)9-14/h3,5,7-10H,2,4,6H2,1H3,(H,19,20)(H,21,22). The number of methoxy groups -OCH3 is 1. The van der Waals surface area contributed by atoms with E-state index < -0.39 is 0 Å². The first-order valence-electron chi connectivity index (χ1n) is 7.05. The van der Waals surface area contributed by atoms with Crippen molar-refractivity contribution in [1.82, 2.24) is 4.98 Å². The third-order valence-corrected chi connectivity index (χ3v) is 3.40. The Bertz CT molecular complexity index is 660. The number of nitrogens with zero attached hydrogens (tertiary/aromatic N) is 1. The largest absolute Gasteiger partial charge is 0.385 e. The van der Waals surface area contributed by atoms with Gasteiger partial charge in [0, 0.05) is 47.9 Å². The zero-order valence-electron chi connectivity index (χ0n) is 12.6. The van der Waals surface area contributed by atoms with Crippen LogP contribution in [0.3, 0.4) is 0 Å². The van der Waals surface area contributed by atoms with Crippen molar-refractivity contribution in [2.24, 2.45) is 0 Å². The van der Waals surface area contributed by atoms with Crippen LogP contribution in [0.25, 0.3) is 0 Å². The molecule has 1 aromatic heterocycles. The fourth-order valence-corrected chi connectivity index (χ4v) is 2.46. The summed E-state index contributed by atoms with van der Waals surface area (Å²) in [6, 6.07) is 8.34. The number of halogens is 2. The number of amides is 1. The number of rotatable bonds is 7. The second-order valence-electron chi connectivity index (χ2n) is 4.82. The molecule has 0 spiro atoms. The van der Waals surface area contributed by atoms with Crippen LogP contribution in [-0.4, -0.2) is 31.2 Å². The first-order valence-corrected chi connectivity index (χ1v) is 7.80. The van der Waals surface area contributed by atoms with Crippen molar-refractivity contribution in [3.63, 3.8) is 0 Å². The zero-order valence-corrected chi connectivity index (χ0v) is 14.1. The van der Waals surface area contributed by atoms with Gasteiger partial charge in [0.15, 0.2) is 0 Å². The lowest BCUT2D eigenvalue weighted by atomic mass is 10.2. The number of benzene rings is 1. The highest BCUT2D eigenvalue weighted by Crippen LogP contribution is 2.23. The van der Waals surface area contributed by atoms with Crippen molar-refractivity contribution in [2.45, 2.75) is 6.42 Å². The number of carbonyl (C=O) groups is 1. The summed E-state index contributed by atoms with van der Waals surface area (Å²) in [4.78, 5) is 16.3. The van der Waals surface area contributed by atoms with Gasteiger partial charge < -0.3 is 15.4 Å². The first kappa shape index (κ1) is 17.5. The van der Waals surface area contributed by atoms with Crippen molar-refractivity contribution in [2.75, 3.05) is 30.9 Å². The zero-order chi connectivity index (χ0) is 16.7. The molecule has 2 aromatic rings. The van der Waals surface area contributed by atoms with Crippen LogP contribution in [0, 0.1) is 0 Å². The molecule has 5 nitrogen and oxygen atoms in total. The Kier molecular flexibility index (Phi) is 6.65. The molecule has 122 valence electrons. The average molecular weight is 354 g/mol. The van der Waals surface area contributed by atoms with Crippen LogP contribution in [0.5, 0.6) is 0 Å². The molecule has 0 saturated heterocycles. The number of nitrogens with one attached hydrogen (secondary N) is 2. The molecule has 0 unspecified atom stereocenters. The normalized spacial score (nSPS) is 10.4. The van der Waals surface area contributed by atoms with E-state index in [9.17, 15) is 4.79 Å². The Balaban J connectivity index is 2.01. The third-order valence-electron chi connectivity index (χ3n) is 2.97. The SMILES string of the molecule is COCCCNc1ccnc(C(=O)Nc2cc(Cl)cc(Cl)c2)c1. The van der Waals surface area contributed by atoms with E-state index in [4.69, 9.17) is 27.9 Å². The number of anilines is 2. The summed E-state index contributed by atoms with van der Waals surface area (Å²) in [5.41, 5.74) is 1.65. The Labute approximate surface area is 145 Å². The molecule has 0 saturated carbocycles. The van der Waals surface area contributed by atoms with Crippen molar-refractivity contribution < 1.29 is 9.53 Å². The van der Waals surface area contributed by atoms with E-state index in [1.807, 2.05) is 0 Å². The van der Waals surface area contributed by atoms with Gasteiger partial charge in [0.1, 0.15) is 5.69 Å². The summed E-state index contributed by atoms with van der Waals surface area (Å²) in [5.74, 6) is -0.330. The molecule has 7 heteroatoms. The molecule has 23 heavy (non-hydrogen) atoms. The van der Waals surface area contributed by atoms with Crippen LogP contribution >= 0.6 is 23.2 Å². The van der Waals surface area contributed by atoms with Crippen LogP contribution < -0.4 is 10.6 Å². The molecule has 0 bridgehead atoms. The molecule has 1 aromatic carbocycles. The number of carbonyl (C=O) groups excluding carboxylic acids is 1. The van der Waals surface area contributed by atoms with Gasteiger partial charge in [0.25, 0.3) is 5.91 Å². The van der Waals surface area contributed by atoms with Gasteiger partial charge in [0.05, 0.1) is 0 Å². The average Bonchev–Trinajstić information content (AvgIpc) is 2.51. The smallest absolute Gasteiger partial charge is 0.274 e. The van der Waals surface area contributed by atoms with Gasteiger partial charge >= 0.3 is 0 Å². The maximum absolute atomic E-state index is 12.3. The van der Waals surface area contributed by atoms with E-state index in [2.05, 4.69) is 15.6 Å². The molecule has 1 heterocycles. The Morgan fingerprint density at radius 1 is 1.17 bits per heavy atom. The van der Waals surface area contributed by atoms with Crippen LogP contribution in [-0.2, 0) is 4.74 Å². The van der Waals surface area contributed by atoms with Crippen molar-refractivity contribution >= 4 is 40.5 Å². The van der Waals surface area contributed by atoms with Gasteiger partial charge in [-0.05, 0) is 36.8 Å². The minimum atomic E-state index is -0.330. The van der Waals surface area contributed by atoms with Crippen LogP contribution in [0.2, 0.25) is 10.0 Å². The van der Waals surface area contributed by atoms with Crippen LogP contribution in [0.4, 0.5) is 11.4 Å². The number of ether oxygens (including phenoxy) is 1. The number of aromatic nitrogens is 1. The van der Waals surface area contributed by atoms with Crippen LogP contribution in [0.1, 0.15) is 16.9 Å². The van der Waals surface area contributed by atoms with Gasteiger partial charge in [-0.2, -0.15) is 0 Å². The van der Waals surface area contributed by atoms with E-state index in [0.29, 0.717) is 28.0 Å².